The molecule has 0 spiro atoms. The van der Waals surface area contributed by atoms with E-state index >= 15 is 0 Å². The first-order valence-electron chi connectivity index (χ1n) is 5.73. The molecule has 0 fully saturated rings. The zero-order chi connectivity index (χ0) is 11.3. The maximum absolute atomic E-state index is 4.24. The summed E-state index contributed by atoms with van der Waals surface area (Å²) < 4.78 is 1.96. The van der Waals surface area contributed by atoms with Gasteiger partial charge in [-0.25, -0.2) is 0 Å². The van der Waals surface area contributed by atoms with E-state index in [0.717, 1.165) is 19.6 Å². The third-order valence-electron chi connectivity index (χ3n) is 2.39. The molecule has 1 aromatic rings. The van der Waals surface area contributed by atoms with Crippen LogP contribution in [0, 0.1) is 5.41 Å². The SMILES string of the molecule is CCn1cc(CNCCC(C)(C)C)cn1. The predicted molar refractivity (Wildman–Crippen MR) is 63.7 cm³/mol. The van der Waals surface area contributed by atoms with Gasteiger partial charge in [0.2, 0.25) is 0 Å². The molecule has 1 rings (SSSR count). The fraction of sp³-hybridized carbons (Fsp3) is 0.750. The molecule has 0 aromatic carbocycles. The topological polar surface area (TPSA) is 29.9 Å². The van der Waals surface area contributed by atoms with E-state index in [2.05, 4.69) is 44.3 Å². The Kier molecular flexibility index (Phi) is 4.33. The first kappa shape index (κ1) is 12.2. The fourth-order valence-electron chi connectivity index (χ4n) is 1.37. The molecule has 3 heteroatoms. The Bertz CT molecular complexity index is 283. The Morgan fingerprint density at radius 1 is 1.40 bits per heavy atom. The minimum atomic E-state index is 0.417. The van der Waals surface area contributed by atoms with E-state index in [1.165, 1.54) is 12.0 Å². The van der Waals surface area contributed by atoms with E-state index in [9.17, 15) is 0 Å². The van der Waals surface area contributed by atoms with Gasteiger partial charge in [-0.1, -0.05) is 20.8 Å². The zero-order valence-corrected chi connectivity index (χ0v) is 10.4. The van der Waals surface area contributed by atoms with E-state index < -0.39 is 0 Å². The number of hydrogen-bond acceptors (Lipinski definition) is 2. The number of aromatic nitrogens is 2. The molecule has 15 heavy (non-hydrogen) atoms. The molecule has 0 aliphatic heterocycles. The second kappa shape index (κ2) is 5.31. The van der Waals surface area contributed by atoms with Crippen molar-refractivity contribution >= 4 is 0 Å². The third kappa shape index (κ3) is 4.98. The van der Waals surface area contributed by atoms with Gasteiger partial charge in [0.15, 0.2) is 0 Å². The summed E-state index contributed by atoms with van der Waals surface area (Å²) in [5.74, 6) is 0. The minimum absolute atomic E-state index is 0.417. The maximum Gasteiger partial charge on any atom is 0.0534 e. The van der Waals surface area contributed by atoms with Crippen LogP contribution in [0.15, 0.2) is 12.4 Å². The van der Waals surface area contributed by atoms with Crippen molar-refractivity contribution < 1.29 is 0 Å². The largest absolute Gasteiger partial charge is 0.313 e. The molecule has 0 radical (unpaired) electrons. The van der Waals surface area contributed by atoms with Crippen LogP contribution in [-0.4, -0.2) is 16.3 Å². The smallest absolute Gasteiger partial charge is 0.0534 e. The lowest BCUT2D eigenvalue weighted by molar-refractivity contribution is 0.366. The van der Waals surface area contributed by atoms with Crippen LogP contribution < -0.4 is 5.32 Å². The van der Waals surface area contributed by atoms with Crippen LogP contribution in [0.25, 0.3) is 0 Å². The lowest BCUT2D eigenvalue weighted by Gasteiger charge is -2.17. The molecule has 0 saturated carbocycles. The van der Waals surface area contributed by atoms with Crippen LogP contribution >= 0.6 is 0 Å². The van der Waals surface area contributed by atoms with Crippen LogP contribution in [0.2, 0.25) is 0 Å². The van der Waals surface area contributed by atoms with Gasteiger partial charge < -0.3 is 5.32 Å². The van der Waals surface area contributed by atoms with Crippen molar-refractivity contribution in [2.45, 2.75) is 47.2 Å². The normalized spacial score (nSPS) is 12.0. The summed E-state index contributed by atoms with van der Waals surface area (Å²) in [4.78, 5) is 0. The van der Waals surface area contributed by atoms with Gasteiger partial charge in [-0.05, 0) is 25.3 Å². The van der Waals surface area contributed by atoms with Gasteiger partial charge in [0, 0.05) is 24.8 Å². The molecular weight excluding hydrogens is 186 g/mol. The van der Waals surface area contributed by atoms with Crippen LogP contribution in [0.5, 0.6) is 0 Å². The van der Waals surface area contributed by atoms with E-state index in [-0.39, 0.29) is 0 Å². The average Bonchev–Trinajstić information content (AvgIpc) is 2.59. The lowest BCUT2D eigenvalue weighted by atomic mass is 9.92. The second-order valence-electron chi connectivity index (χ2n) is 5.19. The number of aryl methyl sites for hydroxylation is 1. The maximum atomic E-state index is 4.24. The Balaban J connectivity index is 2.20. The van der Waals surface area contributed by atoms with Gasteiger partial charge >= 0.3 is 0 Å². The molecule has 0 unspecified atom stereocenters. The molecule has 0 aliphatic carbocycles. The predicted octanol–water partition coefficient (Wildman–Crippen LogP) is 2.43. The van der Waals surface area contributed by atoms with E-state index in [4.69, 9.17) is 0 Å². The van der Waals surface area contributed by atoms with Gasteiger partial charge in [-0.2, -0.15) is 5.10 Å². The average molecular weight is 209 g/mol. The molecule has 86 valence electrons. The number of nitrogens with one attached hydrogen (secondary N) is 1. The summed E-state index contributed by atoms with van der Waals surface area (Å²) >= 11 is 0. The molecule has 0 saturated heterocycles. The van der Waals surface area contributed by atoms with Crippen LogP contribution in [-0.2, 0) is 13.1 Å². The minimum Gasteiger partial charge on any atom is -0.313 e. The number of nitrogens with zero attached hydrogens (tertiary/aromatic N) is 2. The zero-order valence-electron chi connectivity index (χ0n) is 10.4. The van der Waals surface area contributed by atoms with Crippen molar-refractivity contribution in [1.29, 1.82) is 0 Å². The quantitative estimate of drug-likeness (QED) is 0.755. The van der Waals surface area contributed by atoms with Gasteiger partial charge in [0.05, 0.1) is 6.20 Å². The van der Waals surface area contributed by atoms with Gasteiger partial charge in [-0.3, -0.25) is 4.68 Å². The van der Waals surface area contributed by atoms with Gasteiger partial charge in [-0.15, -0.1) is 0 Å². The van der Waals surface area contributed by atoms with Crippen LogP contribution in [0.4, 0.5) is 0 Å². The lowest BCUT2D eigenvalue weighted by Crippen LogP contribution is -2.19. The van der Waals surface area contributed by atoms with E-state index in [0.29, 0.717) is 5.41 Å². The highest BCUT2D eigenvalue weighted by Gasteiger charge is 2.08. The van der Waals surface area contributed by atoms with Crippen molar-refractivity contribution in [3.8, 4) is 0 Å². The highest BCUT2D eigenvalue weighted by Crippen LogP contribution is 2.16. The summed E-state index contributed by atoms with van der Waals surface area (Å²) in [5.41, 5.74) is 1.69. The fourth-order valence-corrected chi connectivity index (χ4v) is 1.37. The molecule has 0 atom stereocenters. The standard InChI is InChI=1S/C12H23N3/c1-5-15-10-11(9-14-15)8-13-7-6-12(2,3)4/h9-10,13H,5-8H2,1-4H3. The Hall–Kier alpha value is -0.830. The molecule has 0 amide bonds. The van der Waals surface area contributed by atoms with Crippen LogP contribution in [0.3, 0.4) is 0 Å². The number of hydrogen-bond donors (Lipinski definition) is 1. The highest BCUT2D eigenvalue weighted by molar-refractivity contribution is 5.03. The van der Waals surface area contributed by atoms with Crippen molar-refractivity contribution in [2.24, 2.45) is 5.41 Å². The second-order valence-corrected chi connectivity index (χ2v) is 5.19. The first-order chi connectivity index (χ1) is 7.01. The Morgan fingerprint density at radius 3 is 2.67 bits per heavy atom. The summed E-state index contributed by atoms with van der Waals surface area (Å²) in [6.45, 7) is 11.8. The Morgan fingerprint density at radius 2 is 2.13 bits per heavy atom. The molecule has 0 aliphatic rings. The van der Waals surface area contributed by atoms with Crippen molar-refractivity contribution in [3.05, 3.63) is 18.0 Å². The van der Waals surface area contributed by atoms with Crippen molar-refractivity contribution in [3.63, 3.8) is 0 Å². The summed E-state index contributed by atoms with van der Waals surface area (Å²) in [6, 6.07) is 0. The molecular formula is C12H23N3. The highest BCUT2D eigenvalue weighted by atomic mass is 15.3. The van der Waals surface area contributed by atoms with Gasteiger partial charge in [0.1, 0.15) is 0 Å². The third-order valence-corrected chi connectivity index (χ3v) is 2.39. The van der Waals surface area contributed by atoms with Gasteiger partial charge in [0.25, 0.3) is 0 Å². The monoisotopic (exact) mass is 209 g/mol. The Labute approximate surface area is 92.9 Å². The molecule has 1 aromatic heterocycles. The van der Waals surface area contributed by atoms with Crippen molar-refractivity contribution in [1.82, 2.24) is 15.1 Å². The van der Waals surface area contributed by atoms with E-state index in [1.54, 1.807) is 0 Å². The molecule has 0 bridgehead atoms. The number of rotatable bonds is 5. The first-order valence-corrected chi connectivity index (χ1v) is 5.73. The summed E-state index contributed by atoms with van der Waals surface area (Å²) in [7, 11) is 0. The molecule has 1 heterocycles. The molecule has 3 nitrogen and oxygen atoms in total. The molecule has 1 N–H and O–H groups in total. The van der Waals surface area contributed by atoms with Crippen LogP contribution in [0.1, 0.15) is 39.7 Å². The van der Waals surface area contributed by atoms with E-state index in [1.807, 2.05) is 10.9 Å². The summed E-state index contributed by atoms with van der Waals surface area (Å²) in [5, 5.41) is 7.68. The van der Waals surface area contributed by atoms with Crippen molar-refractivity contribution in [2.75, 3.05) is 6.54 Å². The summed E-state index contributed by atoms with van der Waals surface area (Å²) in [6.07, 6.45) is 5.24.